The Morgan fingerprint density at radius 1 is 0.963 bits per heavy atom. The van der Waals surface area contributed by atoms with Crippen LogP contribution in [0.2, 0.25) is 0 Å². The summed E-state index contributed by atoms with van der Waals surface area (Å²) in [7, 11) is 2.02. The van der Waals surface area contributed by atoms with Gasteiger partial charge in [0.1, 0.15) is 19.1 Å². The summed E-state index contributed by atoms with van der Waals surface area (Å²) in [5.41, 5.74) is 1.83. The summed E-state index contributed by atoms with van der Waals surface area (Å²) in [6.07, 6.45) is 6.14. The minimum atomic E-state index is -3.44. The first-order chi connectivity index (χ1) is 13.0. The highest BCUT2D eigenvalue weighted by Gasteiger charge is 2.05. The van der Waals surface area contributed by atoms with E-state index >= 15 is 0 Å². The Kier molecular flexibility index (Phi) is 8.85. The molecule has 5 nitrogen and oxygen atoms in total. The standard InChI is InChI=1S/C14H15O3PS.C6H11N2/c15-18(19,16-11-13-7-3-1-4-8-13)17-12-14-9-5-2-6-10-14;1-3-8-5-4-7(2)6-8/h1-10H,11-12H2,(H,15,19);4-6H,3H2,1-2H3/q;+1/p-1. The van der Waals surface area contributed by atoms with Crippen LogP contribution in [0.4, 0.5) is 0 Å². The molecule has 144 valence electrons. The van der Waals surface area contributed by atoms with Crippen LogP contribution in [0.25, 0.3) is 0 Å². The molecule has 0 aliphatic heterocycles. The van der Waals surface area contributed by atoms with E-state index in [0.717, 1.165) is 17.7 Å². The van der Waals surface area contributed by atoms with Gasteiger partial charge in [0.05, 0.1) is 26.8 Å². The SMILES string of the molecule is CCn1cc[n+](C)c1.[O-]P(=S)(OCc1ccccc1)OCc1ccccc1. The molecule has 3 aromatic rings. The molecule has 7 heteroatoms. The highest BCUT2D eigenvalue weighted by Crippen LogP contribution is 2.40. The summed E-state index contributed by atoms with van der Waals surface area (Å²) in [5.74, 6) is 0. The molecule has 1 heterocycles. The van der Waals surface area contributed by atoms with E-state index in [2.05, 4.69) is 24.0 Å². The molecule has 1 aromatic heterocycles. The molecule has 0 unspecified atom stereocenters. The molecule has 0 saturated carbocycles. The average Bonchev–Trinajstić information content (AvgIpc) is 3.13. The van der Waals surface area contributed by atoms with E-state index in [4.69, 9.17) is 20.9 Å². The van der Waals surface area contributed by atoms with Gasteiger partial charge in [-0.25, -0.2) is 9.13 Å². The van der Waals surface area contributed by atoms with Crippen molar-refractivity contribution in [2.75, 3.05) is 0 Å². The zero-order valence-corrected chi connectivity index (χ0v) is 17.3. The Bertz CT molecular complexity index is 793. The van der Waals surface area contributed by atoms with Crippen molar-refractivity contribution >= 4 is 18.5 Å². The van der Waals surface area contributed by atoms with E-state index < -0.39 is 6.72 Å². The molecular formula is C20H25N2O3PS. The maximum absolute atomic E-state index is 11.9. The second kappa shape index (κ2) is 11.1. The van der Waals surface area contributed by atoms with E-state index in [9.17, 15) is 4.89 Å². The van der Waals surface area contributed by atoms with Crippen LogP contribution in [0.3, 0.4) is 0 Å². The summed E-state index contributed by atoms with van der Waals surface area (Å²) in [4.78, 5) is 11.9. The summed E-state index contributed by atoms with van der Waals surface area (Å²) in [6.45, 7) is 0.123. The van der Waals surface area contributed by atoms with Crippen LogP contribution in [-0.2, 0) is 47.7 Å². The molecule has 0 saturated heterocycles. The Balaban J connectivity index is 0.000000273. The lowest BCUT2D eigenvalue weighted by molar-refractivity contribution is -0.671. The molecule has 27 heavy (non-hydrogen) atoms. The van der Waals surface area contributed by atoms with Crippen LogP contribution in [0.1, 0.15) is 18.1 Å². The molecule has 0 aliphatic carbocycles. The predicted molar refractivity (Wildman–Crippen MR) is 108 cm³/mol. The van der Waals surface area contributed by atoms with Crippen molar-refractivity contribution in [1.82, 2.24) is 4.57 Å². The van der Waals surface area contributed by atoms with Crippen LogP contribution >= 0.6 is 6.72 Å². The summed E-state index contributed by atoms with van der Waals surface area (Å²) in [5, 5.41) is 0. The van der Waals surface area contributed by atoms with Gasteiger partial charge in [0, 0.05) is 0 Å². The van der Waals surface area contributed by atoms with Gasteiger partial charge in [0.2, 0.25) is 6.33 Å². The van der Waals surface area contributed by atoms with Gasteiger partial charge in [-0.05, 0) is 18.1 Å². The average molecular weight is 404 g/mol. The Morgan fingerprint density at radius 3 is 1.78 bits per heavy atom. The van der Waals surface area contributed by atoms with E-state index in [1.54, 1.807) is 0 Å². The van der Waals surface area contributed by atoms with Crippen molar-refractivity contribution in [2.24, 2.45) is 7.05 Å². The van der Waals surface area contributed by atoms with Crippen molar-refractivity contribution in [2.45, 2.75) is 26.7 Å². The van der Waals surface area contributed by atoms with Gasteiger partial charge < -0.3 is 13.9 Å². The molecule has 0 spiro atoms. The highest BCUT2D eigenvalue weighted by molar-refractivity contribution is 8.06. The number of aryl methyl sites for hydroxylation is 2. The fraction of sp³-hybridized carbons (Fsp3) is 0.250. The van der Waals surface area contributed by atoms with Crippen LogP contribution in [0.5, 0.6) is 0 Å². The smallest absolute Gasteiger partial charge is 0.243 e. The zero-order chi connectivity index (χ0) is 19.5. The first kappa shape index (κ1) is 21.5. The van der Waals surface area contributed by atoms with Crippen LogP contribution in [-0.4, -0.2) is 4.57 Å². The van der Waals surface area contributed by atoms with Crippen molar-refractivity contribution in [3.63, 3.8) is 0 Å². The van der Waals surface area contributed by atoms with E-state index in [0.29, 0.717) is 0 Å². The predicted octanol–water partition coefficient (Wildman–Crippen LogP) is 3.34. The van der Waals surface area contributed by atoms with Gasteiger partial charge in [-0.3, -0.25) is 0 Å². The van der Waals surface area contributed by atoms with Gasteiger partial charge in [0.15, 0.2) is 0 Å². The van der Waals surface area contributed by atoms with Crippen molar-refractivity contribution < 1.29 is 18.5 Å². The zero-order valence-electron chi connectivity index (χ0n) is 15.6. The molecule has 0 aliphatic rings. The molecule has 0 fully saturated rings. The van der Waals surface area contributed by atoms with Gasteiger partial charge in [-0.1, -0.05) is 72.5 Å². The quantitative estimate of drug-likeness (QED) is 0.448. The molecule has 0 amide bonds. The Hall–Kier alpha value is -1.82. The largest absolute Gasteiger partial charge is 0.780 e. The fourth-order valence-electron chi connectivity index (χ4n) is 2.18. The number of hydrogen-bond acceptors (Lipinski definition) is 4. The third-order valence-electron chi connectivity index (χ3n) is 3.65. The maximum atomic E-state index is 11.9. The molecule has 3 rings (SSSR count). The molecular weight excluding hydrogens is 379 g/mol. The number of benzene rings is 2. The first-order valence-corrected chi connectivity index (χ1v) is 11.2. The van der Waals surface area contributed by atoms with Crippen molar-refractivity contribution in [3.05, 3.63) is 90.5 Å². The lowest BCUT2D eigenvalue weighted by Gasteiger charge is -2.27. The summed E-state index contributed by atoms with van der Waals surface area (Å²) in [6, 6.07) is 18.9. The van der Waals surface area contributed by atoms with Gasteiger partial charge >= 0.3 is 0 Å². The van der Waals surface area contributed by atoms with Gasteiger partial charge in [0.25, 0.3) is 0 Å². The summed E-state index contributed by atoms with van der Waals surface area (Å²) < 4.78 is 14.5. The molecule has 0 bridgehead atoms. The molecule has 0 radical (unpaired) electrons. The molecule has 0 atom stereocenters. The molecule has 0 N–H and O–H groups in total. The van der Waals surface area contributed by atoms with Gasteiger partial charge in [-0.15, -0.1) is 0 Å². The van der Waals surface area contributed by atoms with E-state index in [1.165, 1.54) is 0 Å². The third-order valence-corrected chi connectivity index (χ3v) is 5.18. The van der Waals surface area contributed by atoms with Crippen LogP contribution in [0.15, 0.2) is 79.4 Å². The second-order valence-corrected chi connectivity index (χ2v) is 8.63. The Morgan fingerprint density at radius 2 is 1.44 bits per heavy atom. The normalized spacial score (nSPS) is 10.9. The third kappa shape index (κ3) is 8.61. The van der Waals surface area contributed by atoms with Crippen LogP contribution < -0.4 is 9.46 Å². The lowest BCUT2D eigenvalue weighted by atomic mass is 10.2. The first-order valence-electron chi connectivity index (χ1n) is 8.67. The second-order valence-electron chi connectivity index (χ2n) is 5.87. The molecule has 2 aromatic carbocycles. The minimum Gasteiger partial charge on any atom is -0.780 e. The van der Waals surface area contributed by atoms with E-state index in [1.807, 2.05) is 78.5 Å². The highest BCUT2D eigenvalue weighted by atomic mass is 32.5. The number of aromatic nitrogens is 2. The van der Waals surface area contributed by atoms with Gasteiger partial charge in [-0.2, -0.15) is 0 Å². The fourth-order valence-corrected chi connectivity index (χ4v) is 3.19. The Labute approximate surface area is 166 Å². The van der Waals surface area contributed by atoms with E-state index in [-0.39, 0.29) is 13.2 Å². The lowest BCUT2D eigenvalue weighted by Crippen LogP contribution is -2.23. The number of nitrogens with zero attached hydrogens (tertiary/aromatic N) is 2. The van der Waals surface area contributed by atoms with Crippen molar-refractivity contribution in [3.8, 4) is 0 Å². The number of hydrogen-bond donors (Lipinski definition) is 0. The summed E-state index contributed by atoms with van der Waals surface area (Å²) >= 11 is 4.85. The van der Waals surface area contributed by atoms with Crippen molar-refractivity contribution in [1.29, 1.82) is 0 Å². The van der Waals surface area contributed by atoms with Crippen LogP contribution in [0, 0.1) is 0 Å². The topological polar surface area (TPSA) is 50.3 Å². The monoisotopic (exact) mass is 404 g/mol. The maximum Gasteiger partial charge on any atom is 0.243 e. The minimum absolute atomic E-state index is 0.191. The number of rotatable bonds is 7. The number of imidazole rings is 1.